The first-order valence-corrected chi connectivity index (χ1v) is 23.0. The fourth-order valence-corrected chi connectivity index (χ4v) is 9.52. The van der Waals surface area contributed by atoms with E-state index in [2.05, 4.69) is 45.7 Å². The highest BCUT2D eigenvalue weighted by Crippen LogP contribution is 2.51. The van der Waals surface area contributed by atoms with Crippen molar-refractivity contribution >= 4 is 8.53 Å². The molecule has 0 bridgehead atoms. The van der Waals surface area contributed by atoms with Gasteiger partial charge >= 0.3 is 5.69 Å². The summed E-state index contributed by atoms with van der Waals surface area (Å²) in [6.07, 6.45) is -1.93. The highest BCUT2D eigenvalue weighted by molar-refractivity contribution is 7.44. The Morgan fingerprint density at radius 1 is 0.841 bits per heavy atom. The summed E-state index contributed by atoms with van der Waals surface area (Å²) in [4.78, 5) is 27.2. The number of aliphatic hydroxyl groups is 1. The average Bonchev–Trinajstić information content (AvgIpc) is 3.55. The number of aliphatic hydroxyl groups excluding tert-OH is 1. The van der Waals surface area contributed by atoms with Gasteiger partial charge in [0, 0.05) is 24.3 Å². The smallest absolute Gasteiger partial charge is 0.330 e. The molecule has 5 unspecified atom stereocenters. The first-order valence-electron chi connectivity index (χ1n) is 21.8. The lowest BCUT2D eigenvalue weighted by atomic mass is 9.80. The number of hydrogen-bond donors (Lipinski definition) is 2. The molecule has 13 nitrogen and oxygen atoms in total. The quantitative estimate of drug-likeness (QED) is 0.0557. The maximum absolute atomic E-state index is 13.0. The number of benzene rings is 3. The molecule has 0 spiro atoms. The van der Waals surface area contributed by atoms with Crippen molar-refractivity contribution in [3.05, 3.63) is 129 Å². The third-order valence-electron chi connectivity index (χ3n) is 9.97. The van der Waals surface area contributed by atoms with E-state index in [4.69, 9.17) is 28.0 Å². The van der Waals surface area contributed by atoms with E-state index in [0.29, 0.717) is 16.9 Å². The molecule has 5 atom stereocenters. The second-order valence-corrected chi connectivity index (χ2v) is 18.6. The van der Waals surface area contributed by atoms with Gasteiger partial charge in [0.1, 0.15) is 35.4 Å². The number of hydrogen-bond acceptors (Lipinski definition) is 11. The van der Waals surface area contributed by atoms with Crippen LogP contribution in [0.25, 0.3) is 0 Å². The largest absolute Gasteiger partial charge is 0.497 e. The number of nitriles is 1. The Hall–Kier alpha value is -4.38. The van der Waals surface area contributed by atoms with Crippen LogP contribution < -0.4 is 20.7 Å². The number of rotatable bonds is 18. The first kappa shape index (κ1) is 53.0. The van der Waals surface area contributed by atoms with Gasteiger partial charge in [0.05, 0.1) is 39.9 Å². The van der Waals surface area contributed by atoms with Gasteiger partial charge in [-0.1, -0.05) is 103 Å². The summed E-state index contributed by atoms with van der Waals surface area (Å²) in [5.74, 6) is 2.18. The van der Waals surface area contributed by atoms with Crippen molar-refractivity contribution in [2.24, 2.45) is 11.3 Å². The molecule has 1 aliphatic heterocycles. The van der Waals surface area contributed by atoms with Crippen molar-refractivity contribution < 1.29 is 33.1 Å². The third-order valence-corrected chi connectivity index (χ3v) is 12.1. The Morgan fingerprint density at radius 2 is 1.37 bits per heavy atom. The zero-order chi connectivity index (χ0) is 46.9. The summed E-state index contributed by atoms with van der Waals surface area (Å²) in [5.41, 5.74) is 0.342. The van der Waals surface area contributed by atoms with Crippen LogP contribution in [0.1, 0.15) is 112 Å². The SMILES string of the molecule is CC.CC(C)CC(C)(C)C.COc1ccc(C(OCC2OC(n3ccc(=O)[nH]c3=O)C(O)C2OP(OCCC#N)N(C(C)C)C(C)C)(c2ccccc2)c2ccc(OC)cc2)cc1. The minimum atomic E-state index is -1.85. The molecule has 1 aromatic heterocycles. The summed E-state index contributed by atoms with van der Waals surface area (Å²) in [6, 6.07) is 28.1. The minimum Gasteiger partial charge on any atom is -0.497 e. The molecule has 5 rings (SSSR count). The van der Waals surface area contributed by atoms with Gasteiger partial charge in [-0.3, -0.25) is 14.3 Å². The van der Waals surface area contributed by atoms with E-state index in [1.807, 2.05) is 125 Å². The molecule has 1 fully saturated rings. The van der Waals surface area contributed by atoms with E-state index in [1.54, 1.807) is 14.2 Å². The monoisotopic (exact) mass is 890 g/mol. The van der Waals surface area contributed by atoms with E-state index >= 15 is 0 Å². The second kappa shape index (κ2) is 25.2. The molecule has 346 valence electrons. The van der Waals surface area contributed by atoms with Crippen LogP contribution in [0.4, 0.5) is 0 Å². The molecule has 4 aromatic rings. The van der Waals surface area contributed by atoms with E-state index in [0.717, 1.165) is 27.2 Å². The topological polar surface area (TPSA) is 158 Å². The maximum atomic E-state index is 13.0. The number of nitrogens with zero attached hydrogens (tertiary/aromatic N) is 3. The van der Waals surface area contributed by atoms with Gasteiger partial charge in [-0.25, -0.2) is 9.46 Å². The van der Waals surface area contributed by atoms with E-state index in [9.17, 15) is 20.0 Å². The van der Waals surface area contributed by atoms with E-state index in [1.165, 1.54) is 18.7 Å². The van der Waals surface area contributed by atoms with Crippen LogP contribution in [-0.2, 0) is 24.1 Å². The third kappa shape index (κ3) is 14.6. The van der Waals surface area contributed by atoms with Gasteiger partial charge in [-0.15, -0.1) is 0 Å². The molecule has 1 saturated heterocycles. The standard InChI is InChI=1S/C39H47N4O9P.C8H18.C2H6/c1-26(2)43(27(3)4)53(50-24-10-22-40)52-36-33(51-37(35(36)45)42-23-21-34(44)41-38(42)46)25-49-39(28-11-8-7-9-12-28,29-13-17-31(47-5)18-14-29)30-15-19-32(48-6)20-16-30;1-7(2)6-8(3,4)5;1-2/h7-9,11-21,23,26-27,33,35-37,45H,10,24-25H2,1-6H3,(H,41,44,46);7H,6H2,1-5H3;1-2H3. The normalized spacial score (nSPS) is 18.0. The van der Waals surface area contributed by atoms with Gasteiger partial charge in [0.15, 0.2) is 6.23 Å². The predicted octanol–water partition coefficient (Wildman–Crippen LogP) is 9.59. The number of aromatic amines is 1. The maximum Gasteiger partial charge on any atom is 0.330 e. The van der Waals surface area contributed by atoms with E-state index < -0.39 is 49.9 Å². The Labute approximate surface area is 376 Å². The van der Waals surface area contributed by atoms with Crippen molar-refractivity contribution in [2.45, 2.75) is 131 Å². The molecule has 0 amide bonds. The minimum absolute atomic E-state index is 0.0224. The molecular weight excluding hydrogens is 820 g/mol. The van der Waals surface area contributed by atoms with E-state index in [-0.39, 0.29) is 31.7 Å². The zero-order valence-corrected chi connectivity index (χ0v) is 40.4. The van der Waals surface area contributed by atoms with Gasteiger partial charge in [-0.2, -0.15) is 5.26 Å². The molecule has 0 saturated carbocycles. The van der Waals surface area contributed by atoms with Crippen molar-refractivity contribution in [1.82, 2.24) is 14.2 Å². The Morgan fingerprint density at radius 3 is 1.79 bits per heavy atom. The van der Waals surface area contributed by atoms with Crippen LogP contribution in [0.2, 0.25) is 0 Å². The number of ether oxygens (including phenoxy) is 4. The van der Waals surface area contributed by atoms with Gasteiger partial charge < -0.3 is 33.1 Å². The first-order chi connectivity index (χ1) is 29.9. The lowest BCUT2D eigenvalue weighted by Gasteiger charge is -2.39. The molecule has 63 heavy (non-hydrogen) atoms. The fourth-order valence-electron chi connectivity index (χ4n) is 7.75. The fraction of sp³-hybridized carbons (Fsp3) is 0.531. The lowest BCUT2D eigenvalue weighted by Crippen LogP contribution is -2.42. The lowest BCUT2D eigenvalue weighted by molar-refractivity contribution is -0.0946. The van der Waals surface area contributed by atoms with Gasteiger partial charge in [0.2, 0.25) is 0 Å². The molecule has 2 heterocycles. The molecule has 2 N–H and O–H groups in total. The zero-order valence-electron chi connectivity index (χ0n) is 39.5. The average molecular weight is 891 g/mol. The second-order valence-electron chi connectivity index (χ2n) is 17.2. The van der Waals surface area contributed by atoms with Crippen LogP contribution in [0, 0.1) is 22.7 Å². The summed E-state index contributed by atoms with van der Waals surface area (Å²) in [5, 5.41) is 21.2. The molecular formula is C49H71N4O9P. The summed E-state index contributed by atoms with van der Waals surface area (Å²) >= 11 is 0. The Kier molecular flexibility index (Phi) is 21.2. The van der Waals surface area contributed by atoms with Crippen molar-refractivity contribution in [1.29, 1.82) is 5.26 Å². The summed E-state index contributed by atoms with van der Waals surface area (Å²) < 4.78 is 40.7. The molecule has 0 radical (unpaired) electrons. The summed E-state index contributed by atoms with van der Waals surface area (Å²) in [7, 11) is 1.36. The van der Waals surface area contributed by atoms with Crippen LogP contribution >= 0.6 is 8.53 Å². The van der Waals surface area contributed by atoms with Crippen LogP contribution in [0.3, 0.4) is 0 Å². The molecule has 1 aliphatic rings. The summed E-state index contributed by atoms with van der Waals surface area (Å²) in [6.45, 7) is 23.4. The number of aromatic nitrogens is 2. The van der Waals surface area contributed by atoms with Crippen molar-refractivity contribution in [2.75, 3.05) is 27.4 Å². The van der Waals surface area contributed by atoms with Crippen LogP contribution in [0.15, 0.2) is 101 Å². The van der Waals surface area contributed by atoms with Gasteiger partial charge in [0.25, 0.3) is 14.1 Å². The predicted molar refractivity (Wildman–Crippen MR) is 250 cm³/mol. The van der Waals surface area contributed by atoms with Crippen LogP contribution in [0.5, 0.6) is 11.5 Å². The number of nitrogens with one attached hydrogen (secondary N) is 1. The highest BCUT2D eigenvalue weighted by atomic mass is 31.2. The number of methoxy groups -OCH3 is 2. The highest BCUT2D eigenvalue weighted by Gasteiger charge is 2.50. The molecule has 0 aliphatic carbocycles. The van der Waals surface area contributed by atoms with Crippen molar-refractivity contribution in [3.63, 3.8) is 0 Å². The molecule has 14 heteroatoms. The van der Waals surface area contributed by atoms with Crippen LogP contribution in [-0.4, -0.2) is 77.2 Å². The molecule has 3 aromatic carbocycles. The van der Waals surface area contributed by atoms with Crippen molar-refractivity contribution in [3.8, 4) is 17.6 Å². The Balaban J connectivity index is 0.000000950. The number of H-pyrrole nitrogens is 1. The Bertz CT molecular complexity index is 2020. The van der Waals surface area contributed by atoms with Gasteiger partial charge in [-0.05, 0) is 86.4 Å².